The van der Waals surface area contributed by atoms with Crippen molar-refractivity contribution in [3.63, 3.8) is 0 Å². The fraction of sp³-hybridized carbons (Fsp3) is 0.471. The SMILES string of the molecule is NC(=O)C1CCN(C2CN(C(=O)c3cc(-c4ccco4)[nH]n3)C2)CC1. The largest absolute Gasteiger partial charge is 0.463 e. The molecule has 0 saturated carbocycles. The van der Waals surface area contributed by atoms with Crippen molar-refractivity contribution in [3.05, 3.63) is 30.2 Å². The third-order valence-electron chi connectivity index (χ3n) is 5.18. The van der Waals surface area contributed by atoms with Crippen LogP contribution in [-0.4, -0.2) is 64.0 Å². The fourth-order valence-electron chi connectivity index (χ4n) is 3.55. The molecule has 0 atom stereocenters. The van der Waals surface area contributed by atoms with Crippen LogP contribution in [-0.2, 0) is 4.79 Å². The standard InChI is InChI=1S/C17H21N5O3/c18-16(23)11-3-5-21(6-4-11)12-9-22(10-12)17(24)14-8-13(19-20-14)15-2-1-7-25-15/h1-2,7-8,11-12H,3-6,9-10H2,(H2,18,23)(H,19,20). The summed E-state index contributed by atoms with van der Waals surface area (Å²) in [7, 11) is 0. The number of nitrogens with two attached hydrogens (primary N) is 1. The molecule has 0 radical (unpaired) electrons. The highest BCUT2D eigenvalue weighted by atomic mass is 16.3. The first-order chi connectivity index (χ1) is 12.1. The lowest BCUT2D eigenvalue weighted by Crippen LogP contribution is -2.62. The number of rotatable bonds is 4. The summed E-state index contributed by atoms with van der Waals surface area (Å²) in [5.41, 5.74) is 6.47. The summed E-state index contributed by atoms with van der Waals surface area (Å²) in [6.45, 7) is 3.13. The first kappa shape index (κ1) is 15.9. The normalized spacial score (nSPS) is 19.8. The summed E-state index contributed by atoms with van der Waals surface area (Å²) in [5.74, 6) is 0.386. The third kappa shape index (κ3) is 3.05. The van der Waals surface area contributed by atoms with E-state index in [1.807, 2.05) is 6.07 Å². The van der Waals surface area contributed by atoms with Crippen LogP contribution < -0.4 is 5.73 Å². The van der Waals surface area contributed by atoms with E-state index in [9.17, 15) is 9.59 Å². The van der Waals surface area contributed by atoms with Gasteiger partial charge in [0.1, 0.15) is 5.69 Å². The van der Waals surface area contributed by atoms with Gasteiger partial charge >= 0.3 is 0 Å². The Balaban J connectivity index is 1.31. The van der Waals surface area contributed by atoms with Crippen molar-refractivity contribution in [2.75, 3.05) is 26.2 Å². The van der Waals surface area contributed by atoms with E-state index in [0.29, 0.717) is 36.3 Å². The Kier molecular flexibility index (Phi) is 4.04. The van der Waals surface area contributed by atoms with Crippen molar-refractivity contribution in [2.45, 2.75) is 18.9 Å². The Morgan fingerprint density at radius 3 is 2.68 bits per heavy atom. The van der Waals surface area contributed by atoms with Crippen LogP contribution in [0.3, 0.4) is 0 Å². The number of nitrogens with one attached hydrogen (secondary N) is 1. The second-order valence-corrected chi connectivity index (χ2v) is 6.72. The van der Waals surface area contributed by atoms with E-state index in [4.69, 9.17) is 10.2 Å². The van der Waals surface area contributed by atoms with Crippen LogP contribution in [0.4, 0.5) is 0 Å². The van der Waals surface area contributed by atoms with E-state index in [1.54, 1.807) is 23.3 Å². The fourth-order valence-corrected chi connectivity index (χ4v) is 3.55. The van der Waals surface area contributed by atoms with Gasteiger partial charge in [0.05, 0.1) is 6.26 Å². The lowest BCUT2D eigenvalue weighted by atomic mass is 9.93. The molecule has 2 aromatic heterocycles. The summed E-state index contributed by atoms with van der Waals surface area (Å²) < 4.78 is 5.30. The minimum Gasteiger partial charge on any atom is -0.463 e. The Labute approximate surface area is 145 Å². The van der Waals surface area contributed by atoms with E-state index < -0.39 is 0 Å². The molecule has 25 heavy (non-hydrogen) atoms. The molecule has 132 valence electrons. The van der Waals surface area contributed by atoms with E-state index in [1.165, 1.54) is 0 Å². The zero-order valence-corrected chi connectivity index (χ0v) is 13.9. The van der Waals surface area contributed by atoms with Crippen LogP contribution in [0.2, 0.25) is 0 Å². The van der Waals surface area contributed by atoms with Crippen molar-refractivity contribution in [1.29, 1.82) is 0 Å². The van der Waals surface area contributed by atoms with E-state index in [2.05, 4.69) is 15.1 Å². The molecule has 0 aromatic carbocycles. The van der Waals surface area contributed by atoms with Gasteiger partial charge in [-0.15, -0.1) is 0 Å². The molecule has 4 heterocycles. The summed E-state index contributed by atoms with van der Waals surface area (Å²) in [5, 5.41) is 6.94. The number of carbonyl (C=O) groups is 2. The van der Waals surface area contributed by atoms with Gasteiger partial charge in [-0.1, -0.05) is 0 Å². The monoisotopic (exact) mass is 343 g/mol. The Morgan fingerprint density at radius 2 is 2.04 bits per heavy atom. The molecule has 4 rings (SSSR count). The molecule has 0 spiro atoms. The van der Waals surface area contributed by atoms with Crippen LogP contribution in [0.15, 0.2) is 28.9 Å². The Bertz CT molecular complexity index is 755. The summed E-state index contributed by atoms with van der Waals surface area (Å²) in [6.07, 6.45) is 3.20. The zero-order valence-electron chi connectivity index (χ0n) is 13.9. The Hall–Kier alpha value is -2.61. The van der Waals surface area contributed by atoms with Crippen LogP contribution in [0.1, 0.15) is 23.3 Å². The third-order valence-corrected chi connectivity index (χ3v) is 5.18. The molecular weight excluding hydrogens is 322 g/mol. The lowest BCUT2D eigenvalue weighted by Gasteiger charge is -2.47. The minimum absolute atomic E-state index is 0.00172. The molecule has 2 amide bonds. The topological polar surface area (TPSA) is 108 Å². The van der Waals surface area contributed by atoms with Gasteiger partial charge in [-0.3, -0.25) is 19.6 Å². The highest BCUT2D eigenvalue weighted by Crippen LogP contribution is 2.25. The number of aromatic amines is 1. The molecule has 2 aromatic rings. The summed E-state index contributed by atoms with van der Waals surface area (Å²) >= 11 is 0. The van der Waals surface area contributed by atoms with Gasteiger partial charge < -0.3 is 15.1 Å². The van der Waals surface area contributed by atoms with E-state index in [-0.39, 0.29) is 17.7 Å². The molecule has 2 fully saturated rings. The molecule has 0 aliphatic carbocycles. The van der Waals surface area contributed by atoms with Gasteiger partial charge in [0.25, 0.3) is 5.91 Å². The second-order valence-electron chi connectivity index (χ2n) is 6.72. The summed E-state index contributed by atoms with van der Waals surface area (Å²) in [4.78, 5) is 27.9. The van der Waals surface area contributed by atoms with Crippen molar-refractivity contribution in [1.82, 2.24) is 20.0 Å². The predicted octanol–water partition coefficient (Wildman–Crippen LogP) is 0.691. The van der Waals surface area contributed by atoms with Gasteiger partial charge in [0.15, 0.2) is 11.5 Å². The van der Waals surface area contributed by atoms with Crippen molar-refractivity contribution in [3.8, 4) is 11.5 Å². The van der Waals surface area contributed by atoms with Crippen molar-refractivity contribution in [2.24, 2.45) is 11.7 Å². The number of aromatic nitrogens is 2. The average molecular weight is 343 g/mol. The molecule has 0 bridgehead atoms. The molecule has 3 N–H and O–H groups in total. The molecule has 2 aliphatic rings. The maximum absolute atomic E-state index is 12.5. The highest BCUT2D eigenvalue weighted by molar-refractivity contribution is 5.93. The second kappa shape index (κ2) is 6.36. The molecule has 8 nitrogen and oxygen atoms in total. The minimum atomic E-state index is -0.198. The molecule has 2 aliphatic heterocycles. The molecule has 0 unspecified atom stereocenters. The van der Waals surface area contributed by atoms with Gasteiger partial charge in [-0.05, 0) is 38.1 Å². The predicted molar refractivity (Wildman–Crippen MR) is 89.5 cm³/mol. The smallest absolute Gasteiger partial charge is 0.274 e. The Morgan fingerprint density at radius 1 is 1.28 bits per heavy atom. The van der Waals surface area contributed by atoms with Gasteiger partial charge in [-0.2, -0.15) is 5.10 Å². The number of piperidine rings is 1. The van der Waals surface area contributed by atoms with Gasteiger partial charge in [0, 0.05) is 31.1 Å². The molecule has 8 heteroatoms. The first-order valence-electron chi connectivity index (χ1n) is 8.54. The summed E-state index contributed by atoms with van der Waals surface area (Å²) in [6, 6.07) is 5.68. The lowest BCUT2D eigenvalue weighted by molar-refractivity contribution is -0.123. The number of primary amides is 1. The van der Waals surface area contributed by atoms with E-state index in [0.717, 1.165) is 25.9 Å². The quantitative estimate of drug-likeness (QED) is 0.849. The number of H-pyrrole nitrogens is 1. The molecular formula is C17H21N5O3. The van der Waals surface area contributed by atoms with Crippen molar-refractivity contribution >= 4 is 11.8 Å². The molecule has 2 saturated heterocycles. The average Bonchev–Trinajstić information content (AvgIpc) is 3.25. The van der Waals surface area contributed by atoms with E-state index >= 15 is 0 Å². The van der Waals surface area contributed by atoms with Crippen LogP contribution in [0.5, 0.6) is 0 Å². The number of hydrogen-bond donors (Lipinski definition) is 2. The van der Waals surface area contributed by atoms with Crippen LogP contribution in [0.25, 0.3) is 11.5 Å². The van der Waals surface area contributed by atoms with Crippen LogP contribution >= 0.6 is 0 Å². The number of carbonyl (C=O) groups excluding carboxylic acids is 2. The first-order valence-corrected chi connectivity index (χ1v) is 8.54. The highest BCUT2D eigenvalue weighted by Gasteiger charge is 2.37. The number of amides is 2. The van der Waals surface area contributed by atoms with Crippen molar-refractivity contribution < 1.29 is 14.0 Å². The maximum Gasteiger partial charge on any atom is 0.274 e. The van der Waals surface area contributed by atoms with Gasteiger partial charge in [-0.25, -0.2) is 0 Å². The van der Waals surface area contributed by atoms with Crippen LogP contribution in [0, 0.1) is 5.92 Å². The zero-order chi connectivity index (χ0) is 17.4. The number of hydrogen-bond acceptors (Lipinski definition) is 5. The number of nitrogens with zero attached hydrogens (tertiary/aromatic N) is 3. The number of furan rings is 1. The number of likely N-dealkylation sites (tertiary alicyclic amines) is 2. The van der Waals surface area contributed by atoms with Gasteiger partial charge in [0.2, 0.25) is 5.91 Å². The maximum atomic E-state index is 12.5.